The van der Waals surface area contributed by atoms with Crippen molar-refractivity contribution in [1.29, 1.82) is 0 Å². The fraction of sp³-hybridized carbons (Fsp3) is 0.250. The van der Waals surface area contributed by atoms with Gasteiger partial charge in [0.1, 0.15) is 0 Å². The number of thiazole rings is 1. The number of fused-ring (bicyclic) bond motifs is 1. The highest BCUT2D eigenvalue weighted by Gasteiger charge is 2.23. The third-order valence-corrected chi connectivity index (χ3v) is 5.75. The predicted octanol–water partition coefficient (Wildman–Crippen LogP) is 4.02. The van der Waals surface area contributed by atoms with Gasteiger partial charge in [-0.15, -0.1) is 0 Å². The molecule has 30 heavy (non-hydrogen) atoms. The summed E-state index contributed by atoms with van der Waals surface area (Å²) in [7, 11) is 0. The second-order valence-electron chi connectivity index (χ2n) is 6.99. The van der Waals surface area contributed by atoms with E-state index in [-0.39, 0.29) is 17.2 Å². The lowest BCUT2D eigenvalue weighted by atomic mass is 10.1. The van der Waals surface area contributed by atoms with Crippen LogP contribution in [0.15, 0.2) is 36.4 Å². The molecule has 0 unspecified atom stereocenters. The summed E-state index contributed by atoms with van der Waals surface area (Å²) in [4.78, 5) is 41.4. The lowest BCUT2D eigenvalue weighted by molar-refractivity contribution is -0.384. The number of carbonyl (C=O) groups is 2. The first-order valence-electron chi connectivity index (χ1n) is 9.43. The molecule has 2 N–H and O–H groups in total. The maximum Gasteiger partial charge on any atom is 0.270 e. The highest BCUT2D eigenvalue weighted by atomic mass is 32.1. The number of carbonyl (C=O) groups excluding carboxylic acids is 2. The van der Waals surface area contributed by atoms with Gasteiger partial charge in [-0.2, -0.15) is 0 Å². The van der Waals surface area contributed by atoms with E-state index >= 15 is 0 Å². The summed E-state index contributed by atoms with van der Waals surface area (Å²) in [6, 6.07) is 9.62. The number of amides is 2. The largest absolute Gasteiger partial charge is 0.371 e. The minimum atomic E-state index is -0.503. The first-order chi connectivity index (χ1) is 14.4. The Bertz CT molecular complexity index is 1150. The van der Waals surface area contributed by atoms with E-state index in [2.05, 4.69) is 20.5 Å². The molecule has 1 fully saturated rings. The number of hydrogen-bond donors (Lipinski definition) is 2. The van der Waals surface area contributed by atoms with Crippen LogP contribution in [0, 0.1) is 10.1 Å². The Morgan fingerprint density at radius 3 is 2.60 bits per heavy atom. The van der Waals surface area contributed by atoms with E-state index in [9.17, 15) is 19.7 Å². The lowest BCUT2D eigenvalue weighted by Gasteiger charge is -2.20. The lowest BCUT2D eigenvalue weighted by Crippen LogP contribution is -2.23. The minimum Gasteiger partial charge on any atom is -0.371 e. The van der Waals surface area contributed by atoms with Crippen LogP contribution in [-0.2, 0) is 4.79 Å². The Labute approximate surface area is 175 Å². The number of rotatable bonds is 5. The molecule has 1 aliphatic heterocycles. The topological polar surface area (TPSA) is 117 Å². The molecule has 0 atom stereocenters. The van der Waals surface area contributed by atoms with Gasteiger partial charge < -0.3 is 15.5 Å². The smallest absolute Gasteiger partial charge is 0.270 e. The van der Waals surface area contributed by atoms with Crippen LogP contribution in [-0.4, -0.2) is 34.8 Å². The van der Waals surface area contributed by atoms with Gasteiger partial charge in [0.15, 0.2) is 5.13 Å². The molecule has 0 saturated carbocycles. The van der Waals surface area contributed by atoms with Crippen LogP contribution in [0.2, 0.25) is 0 Å². The van der Waals surface area contributed by atoms with E-state index in [0.29, 0.717) is 22.0 Å². The summed E-state index contributed by atoms with van der Waals surface area (Å²) in [6.45, 7) is 3.04. The van der Waals surface area contributed by atoms with Gasteiger partial charge in [0.2, 0.25) is 5.91 Å². The summed E-state index contributed by atoms with van der Waals surface area (Å²) in [5, 5.41) is 17.2. The molecule has 0 radical (unpaired) electrons. The number of benzene rings is 2. The molecule has 0 spiro atoms. The Hall–Kier alpha value is -3.53. The number of non-ortho nitro benzene ring substituents is 1. The number of aromatic nitrogens is 1. The zero-order valence-corrected chi connectivity index (χ0v) is 17.0. The number of nitrogens with one attached hydrogen (secondary N) is 2. The summed E-state index contributed by atoms with van der Waals surface area (Å²) < 4.78 is 0.801. The van der Waals surface area contributed by atoms with Crippen LogP contribution in [0.25, 0.3) is 10.2 Å². The molecule has 3 aromatic rings. The van der Waals surface area contributed by atoms with Crippen LogP contribution in [0.5, 0.6) is 0 Å². The first-order valence-corrected chi connectivity index (χ1v) is 10.3. The zero-order chi connectivity index (χ0) is 21.3. The summed E-state index contributed by atoms with van der Waals surface area (Å²) in [6.07, 6.45) is 2.05. The molecule has 2 aromatic carbocycles. The molecule has 1 aliphatic rings. The van der Waals surface area contributed by atoms with Crippen LogP contribution in [0.3, 0.4) is 0 Å². The van der Waals surface area contributed by atoms with Crippen LogP contribution in [0.1, 0.15) is 30.1 Å². The van der Waals surface area contributed by atoms with Gasteiger partial charge in [0.05, 0.1) is 26.4 Å². The molecule has 2 amide bonds. The normalized spacial score (nSPS) is 13.4. The molecule has 9 nitrogen and oxygen atoms in total. The fourth-order valence-corrected chi connectivity index (χ4v) is 4.41. The van der Waals surface area contributed by atoms with E-state index in [0.717, 1.165) is 30.6 Å². The molecule has 2 heterocycles. The number of nitro benzene ring substituents is 1. The highest BCUT2D eigenvalue weighted by molar-refractivity contribution is 7.22. The molecular weight excluding hydrogens is 406 g/mol. The Morgan fingerprint density at radius 2 is 1.90 bits per heavy atom. The molecule has 10 heteroatoms. The van der Waals surface area contributed by atoms with Crippen molar-refractivity contribution in [3.63, 3.8) is 0 Å². The van der Waals surface area contributed by atoms with Crippen molar-refractivity contribution in [2.45, 2.75) is 19.8 Å². The van der Waals surface area contributed by atoms with Gasteiger partial charge in [-0.25, -0.2) is 4.98 Å². The fourth-order valence-electron chi connectivity index (χ4n) is 3.46. The molecular formula is C20H19N5O4S. The Morgan fingerprint density at radius 1 is 1.13 bits per heavy atom. The third kappa shape index (κ3) is 4.08. The van der Waals surface area contributed by atoms with E-state index < -0.39 is 10.8 Å². The summed E-state index contributed by atoms with van der Waals surface area (Å²) >= 11 is 1.30. The van der Waals surface area contributed by atoms with Crippen molar-refractivity contribution in [3.05, 3.63) is 52.1 Å². The van der Waals surface area contributed by atoms with Crippen molar-refractivity contribution in [1.82, 2.24) is 4.98 Å². The summed E-state index contributed by atoms with van der Waals surface area (Å²) in [5.74, 6) is -0.616. The Balaban J connectivity index is 1.63. The van der Waals surface area contributed by atoms with E-state index in [1.165, 1.54) is 30.4 Å². The molecule has 1 saturated heterocycles. The standard InChI is InChI=1S/C20H19N5O4S/c1-12(26)21-20-23-16-6-4-13(10-18(16)30-20)22-19(27)15-11-14(25(28)29)5-7-17(15)24-8-2-3-9-24/h4-7,10-11H,2-3,8-9H2,1H3,(H,22,27)(H,21,23,26). The van der Waals surface area contributed by atoms with Gasteiger partial charge in [0, 0.05) is 37.8 Å². The number of anilines is 3. The van der Waals surface area contributed by atoms with Crippen molar-refractivity contribution < 1.29 is 14.5 Å². The first kappa shape index (κ1) is 19.8. The maximum atomic E-state index is 13.0. The van der Waals surface area contributed by atoms with Crippen molar-refractivity contribution in [2.24, 2.45) is 0 Å². The van der Waals surface area contributed by atoms with E-state index in [4.69, 9.17) is 0 Å². The second-order valence-corrected chi connectivity index (χ2v) is 8.02. The second kappa shape index (κ2) is 8.07. The van der Waals surface area contributed by atoms with Gasteiger partial charge in [-0.05, 0) is 37.1 Å². The number of nitrogens with zero attached hydrogens (tertiary/aromatic N) is 3. The highest BCUT2D eigenvalue weighted by Crippen LogP contribution is 2.31. The average Bonchev–Trinajstić information content (AvgIpc) is 3.36. The quantitative estimate of drug-likeness (QED) is 0.471. The maximum absolute atomic E-state index is 13.0. The van der Waals surface area contributed by atoms with Gasteiger partial charge in [-0.3, -0.25) is 19.7 Å². The van der Waals surface area contributed by atoms with Crippen LogP contribution in [0.4, 0.5) is 22.2 Å². The van der Waals surface area contributed by atoms with Crippen molar-refractivity contribution >= 4 is 55.6 Å². The predicted molar refractivity (Wildman–Crippen MR) is 116 cm³/mol. The SMILES string of the molecule is CC(=O)Nc1nc2ccc(NC(=O)c3cc([N+](=O)[O-])ccc3N3CCCC3)cc2s1. The van der Waals surface area contributed by atoms with Crippen LogP contribution >= 0.6 is 11.3 Å². The van der Waals surface area contributed by atoms with Crippen LogP contribution < -0.4 is 15.5 Å². The number of nitro groups is 1. The Kier molecular flexibility index (Phi) is 5.32. The van der Waals surface area contributed by atoms with Gasteiger partial charge >= 0.3 is 0 Å². The minimum absolute atomic E-state index is 0.124. The number of hydrogen-bond acceptors (Lipinski definition) is 7. The summed E-state index contributed by atoms with van der Waals surface area (Å²) in [5.41, 5.74) is 2.09. The molecule has 4 rings (SSSR count). The monoisotopic (exact) mass is 425 g/mol. The molecule has 0 bridgehead atoms. The van der Waals surface area contributed by atoms with E-state index in [1.54, 1.807) is 24.3 Å². The molecule has 1 aromatic heterocycles. The molecule has 154 valence electrons. The van der Waals surface area contributed by atoms with Gasteiger partial charge in [0.25, 0.3) is 11.6 Å². The van der Waals surface area contributed by atoms with Crippen molar-refractivity contribution in [2.75, 3.05) is 28.6 Å². The third-order valence-electron chi connectivity index (χ3n) is 4.81. The average molecular weight is 425 g/mol. The van der Waals surface area contributed by atoms with Crippen molar-refractivity contribution in [3.8, 4) is 0 Å². The molecule has 0 aliphatic carbocycles. The van der Waals surface area contributed by atoms with E-state index in [1.807, 2.05) is 0 Å². The van der Waals surface area contributed by atoms with Gasteiger partial charge in [-0.1, -0.05) is 11.3 Å². The zero-order valence-electron chi connectivity index (χ0n) is 16.2.